The third-order valence-electron chi connectivity index (χ3n) is 2.43. The molecule has 0 saturated heterocycles. The Hall–Kier alpha value is -1.36. The molecule has 0 saturated carbocycles. The van der Waals surface area contributed by atoms with Gasteiger partial charge in [0.05, 0.1) is 23.9 Å². The molecule has 0 spiro atoms. The van der Waals surface area contributed by atoms with Gasteiger partial charge in [-0.15, -0.1) is 11.3 Å². The number of aromatic nitrogens is 3. The highest BCUT2D eigenvalue weighted by Crippen LogP contribution is 2.15. The second kappa shape index (κ2) is 5.12. The Kier molecular flexibility index (Phi) is 3.56. The maximum absolute atomic E-state index is 4.27. The first-order valence-electron chi connectivity index (χ1n) is 5.46. The summed E-state index contributed by atoms with van der Waals surface area (Å²) >= 11 is 1.69. The van der Waals surface area contributed by atoms with E-state index in [0.717, 1.165) is 31.0 Å². The maximum Gasteiger partial charge on any atom is 0.124 e. The molecular weight excluding hydrogens is 220 g/mol. The van der Waals surface area contributed by atoms with Crippen LogP contribution in [-0.2, 0) is 13.1 Å². The summed E-state index contributed by atoms with van der Waals surface area (Å²) in [5.74, 6) is 1.08. The number of rotatable bonds is 5. The van der Waals surface area contributed by atoms with Crippen LogP contribution in [0.25, 0.3) is 0 Å². The average molecular weight is 236 g/mol. The Balaban J connectivity index is 1.99. The first-order chi connectivity index (χ1) is 7.81. The Morgan fingerprint density at radius 1 is 1.50 bits per heavy atom. The monoisotopic (exact) mass is 236 g/mol. The molecule has 0 radical (unpaired) electrons. The fourth-order valence-electron chi connectivity index (χ4n) is 1.54. The molecule has 86 valence electrons. The minimum absolute atomic E-state index is 0.825. The quantitative estimate of drug-likeness (QED) is 0.868. The van der Waals surface area contributed by atoms with Gasteiger partial charge in [-0.05, 0) is 13.3 Å². The molecule has 0 aliphatic rings. The van der Waals surface area contributed by atoms with Crippen molar-refractivity contribution in [3.8, 4) is 0 Å². The van der Waals surface area contributed by atoms with Gasteiger partial charge in [0.2, 0.25) is 0 Å². The van der Waals surface area contributed by atoms with Crippen molar-refractivity contribution >= 4 is 17.2 Å². The number of nitrogens with zero attached hydrogens (tertiary/aromatic N) is 3. The Labute approximate surface area is 99.3 Å². The van der Waals surface area contributed by atoms with Gasteiger partial charge in [0.15, 0.2) is 0 Å². The summed E-state index contributed by atoms with van der Waals surface area (Å²) in [6, 6.07) is 2.01. The van der Waals surface area contributed by atoms with Crippen LogP contribution in [0.5, 0.6) is 0 Å². The third-order valence-corrected chi connectivity index (χ3v) is 3.36. The minimum atomic E-state index is 0.825. The zero-order valence-electron chi connectivity index (χ0n) is 9.60. The van der Waals surface area contributed by atoms with Crippen LogP contribution in [0.15, 0.2) is 17.8 Å². The molecule has 0 unspecified atom stereocenters. The normalized spacial score (nSPS) is 10.6. The van der Waals surface area contributed by atoms with E-state index in [9.17, 15) is 0 Å². The molecule has 0 aromatic carbocycles. The minimum Gasteiger partial charge on any atom is -0.365 e. The molecule has 0 fully saturated rings. The van der Waals surface area contributed by atoms with Crippen LogP contribution in [-0.4, -0.2) is 14.8 Å². The molecular formula is C11H16N4S. The molecule has 0 aliphatic heterocycles. The van der Waals surface area contributed by atoms with Gasteiger partial charge >= 0.3 is 0 Å². The van der Waals surface area contributed by atoms with E-state index < -0.39 is 0 Å². The standard InChI is InChI=1S/C11H16N4S/c1-3-6-15-11(4-5-14-15)12-7-10-9(2)13-8-16-10/h4-5,8,12H,3,6-7H2,1-2H3. The van der Waals surface area contributed by atoms with E-state index in [0.29, 0.717) is 0 Å². The number of nitrogens with one attached hydrogen (secondary N) is 1. The van der Waals surface area contributed by atoms with Crippen LogP contribution in [0, 0.1) is 6.92 Å². The molecule has 4 nitrogen and oxygen atoms in total. The fourth-order valence-corrected chi connectivity index (χ4v) is 2.26. The third kappa shape index (κ3) is 2.41. The van der Waals surface area contributed by atoms with Crippen LogP contribution in [0.1, 0.15) is 23.9 Å². The highest BCUT2D eigenvalue weighted by Gasteiger charge is 2.04. The molecule has 5 heteroatoms. The van der Waals surface area contributed by atoms with Gasteiger partial charge < -0.3 is 5.32 Å². The first kappa shape index (κ1) is 11.1. The second-order valence-electron chi connectivity index (χ2n) is 3.65. The number of thiazole rings is 1. The maximum atomic E-state index is 4.27. The number of anilines is 1. The molecule has 16 heavy (non-hydrogen) atoms. The van der Waals surface area contributed by atoms with E-state index in [2.05, 4.69) is 22.3 Å². The summed E-state index contributed by atoms with van der Waals surface area (Å²) in [7, 11) is 0. The lowest BCUT2D eigenvalue weighted by Gasteiger charge is -2.08. The van der Waals surface area contributed by atoms with Crippen molar-refractivity contribution in [2.75, 3.05) is 5.32 Å². The SMILES string of the molecule is CCCn1nccc1NCc1scnc1C. The van der Waals surface area contributed by atoms with Crippen molar-refractivity contribution in [2.24, 2.45) is 0 Å². The largest absolute Gasteiger partial charge is 0.365 e. The lowest BCUT2D eigenvalue weighted by Crippen LogP contribution is -2.07. The Morgan fingerprint density at radius 3 is 3.06 bits per heavy atom. The van der Waals surface area contributed by atoms with E-state index in [4.69, 9.17) is 0 Å². The zero-order valence-corrected chi connectivity index (χ0v) is 10.4. The van der Waals surface area contributed by atoms with Crippen LogP contribution in [0.3, 0.4) is 0 Å². The first-order valence-corrected chi connectivity index (χ1v) is 6.34. The van der Waals surface area contributed by atoms with Gasteiger partial charge in [0.25, 0.3) is 0 Å². The molecule has 1 N–H and O–H groups in total. The van der Waals surface area contributed by atoms with E-state index in [1.54, 1.807) is 11.3 Å². The summed E-state index contributed by atoms with van der Waals surface area (Å²) in [6.45, 7) is 5.97. The number of aryl methyl sites for hydroxylation is 2. The summed E-state index contributed by atoms with van der Waals surface area (Å²) in [5, 5.41) is 7.66. The van der Waals surface area contributed by atoms with E-state index in [1.165, 1.54) is 4.88 Å². The smallest absolute Gasteiger partial charge is 0.124 e. The van der Waals surface area contributed by atoms with Gasteiger partial charge in [-0.3, -0.25) is 0 Å². The summed E-state index contributed by atoms with van der Waals surface area (Å²) in [5.41, 5.74) is 2.99. The molecule has 2 aromatic heterocycles. The van der Waals surface area contributed by atoms with Gasteiger partial charge in [-0.25, -0.2) is 9.67 Å². The second-order valence-corrected chi connectivity index (χ2v) is 4.59. The molecule has 2 aromatic rings. The molecule has 2 heterocycles. The van der Waals surface area contributed by atoms with Gasteiger partial charge in [-0.2, -0.15) is 5.10 Å². The van der Waals surface area contributed by atoms with Crippen molar-refractivity contribution in [3.05, 3.63) is 28.3 Å². The van der Waals surface area contributed by atoms with Crippen LogP contribution < -0.4 is 5.32 Å². The van der Waals surface area contributed by atoms with Gasteiger partial charge in [0, 0.05) is 17.5 Å². The van der Waals surface area contributed by atoms with Crippen molar-refractivity contribution in [3.63, 3.8) is 0 Å². The van der Waals surface area contributed by atoms with Crippen LogP contribution in [0.2, 0.25) is 0 Å². The lowest BCUT2D eigenvalue weighted by atomic mass is 10.4. The predicted molar refractivity (Wildman–Crippen MR) is 66.7 cm³/mol. The lowest BCUT2D eigenvalue weighted by molar-refractivity contribution is 0.607. The van der Waals surface area contributed by atoms with Gasteiger partial charge in [0.1, 0.15) is 5.82 Å². The number of hydrogen-bond donors (Lipinski definition) is 1. The van der Waals surface area contributed by atoms with E-state index in [1.807, 2.05) is 29.4 Å². The Morgan fingerprint density at radius 2 is 2.38 bits per heavy atom. The van der Waals surface area contributed by atoms with E-state index in [-0.39, 0.29) is 0 Å². The van der Waals surface area contributed by atoms with Crippen LogP contribution in [0.4, 0.5) is 5.82 Å². The Bertz CT molecular complexity index is 446. The molecule has 0 atom stereocenters. The van der Waals surface area contributed by atoms with Crippen molar-refractivity contribution in [2.45, 2.75) is 33.4 Å². The van der Waals surface area contributed by atoms with Crippen molar-refractivity contribution in [1.82, 2.24) is 14.8 Å². The molecule has 0 bridgehead atoms. The van der Waals surface area contributed by atoms with Gasteiger partial charge in [-0.1, -0.05) is 6.92 Å². The fraction of sp³-hybridized carbons (Fsp3) is 0.455. The molecule has 0 aliphatic carbocycles. The summed E-state index contributed by atoms with van der Waals surface area (Å²) < 4.78 is 2.00. The zero-order chi connectivity index (χ0) is 11.4. The average Bonchev–Trinajstić information content (AvgIpc) is 2.86. The van der Waals surface area contributed by atoms with Crippen molar-refractivity contribution in [1.29, 1.82) is 0 Å². The molecule has 2 rings (SSSR count). The summed E-state index contributed by atoms with van der Waals surface area (Å²) in [4.78, 5) is 5.51. The number of hydrogen-bond acceptors (Lipinski definition) is 4. The topological polar surface area (TPSA) is 42.7 Å². The highest BCUT2D eigenvalue weighted by molar-refractivity contribution is 7.09. The van der Waals surface area contributed by atoms with Crippen LogP contribution >= 0.6 is 11.3 Å². The molecule has 0 amide bonds. The highest BCUT2D eigenvalue weighted by atomic mass is 32.1. The predicted octanol–water partition coefficient (Wildman–Crippen LogP) is 2.67. The van der Waals surface area contributed by atoms with Crippen molar-refractivity contribution < 1.29 is 0 Å². The van der Waals surface area contributed by atoms with E-state index >= 15 is 0 Å². The summed E-state index contributed by atoms with van der Waals surface area (Å²) in [6.07, 6.45) is 2.92.